The zero-order valence-electron chi connectivity index (χ0n) is 15.0. The standard InChI is InChI=1S/C20H29N3O2/c24-20(6-2-1-4-16-5-3-9-21-12-16)22-10-11-23-18(13-22)14-25-15-19(23)17-7-8-17/h3,5,9,12,17-19H,1-2,4,6-8,10-11,13-15H2/t18-,19-/m1/s1. The van der Waals surface area contributed by atoms with E-state index in [1.165, 1.54) is 18.4 Å². The number of fused-ring (bicyclic) bond motifs is 1. The molecule has 1 amide bonds. The van der Waals surface area contributed by atoms with Crippen LogP contribution in [0.5, 0.6) is 0 Å². The van der Waals surface area contributed by atoms with Crippen LogP contribution in [-0.4, -0.2) is 65.6 Å². The number of carbonyl (C=O) groups excluding carboxylic acids is 1. The van der Waals surface area contributed by atoms with Gasteiger partial charge in [-0.05, 0) is 49.7 Å². The summed E-state index contributed by atoms with van der Waals surface area (Å²) in [6.07, 6.45) is 10.1. The molecule has 25 heavy (non-hydrogen) atoms. The van der Waals surface area contributed by atoms with Crippen molar-refractivity contribution in [2.24, 2.45) is 5.92 Å². The molecule has 5 heteroatoms. The average molecular weight is 343 g/mol. The van der Waals surface area contributed by atoms with Gasteiger partial charge in [0, 0.05) is 44.5 Å². The third-order valence-corrected chi connectivity index (χ3v) is 5.90. The second kappa shape index (κ2) is 7.83. The van der Waals surface area contributed by atoms with Gasteiger partial charge in [-0.3, -0.25) is 14.7 Å². The van der Waals surface area contributed by atoms with E-state index in [0.29, 0.717) is 24.4 Å². The Hall–Kier alpha value is -1.46. The predicted octanol–water partition coefficient (Wildman–Crippen LogP) is 2.12. The highest BCUT2D eigenvalue weighted by atomic mass is 16.5. The predicted molar refractivity (Wildman–Crippen MR) is 96.2 cm³/mol. The van der Waals surface area contributed by atoms with Crippen molar-refractivity contribution in [3.05, 3.63) is 30.1 Å². The summed E-state index contributed by atoms with van der Waals surface area (Å²) in [6.45, 7) is 4.44. The van der Waals surface area contributed by atoms with Crippen LogP contribution in [0.1, 0.15) is 37.7 Å². The van der Waals surface area contributed by atoms with E-state index < -0.39 is 0 Å². The molecule has 3 heterocycles. The van der Waals surface area contributed by atoms with Crippen LogP contribution in [0.25, 0.3) is 0 Å². The number of ether oxygens (including phenoxy) is 1. The number of hydrogen-bond acceptors (Lipinski definition) is 4. The lowest BCUT2D eigenvalue weighted by molar-refractivity contribution is -0.140. The number of hydrogen-bond donors (Lipinski definition) is 0. The fraction of sp³-hybridized carbons (Fsp3) is 0.700. The fourth-order valence-electron chi connectivity index (χ4n) is 4.30. The maximum atomic E-state index is 12.6. The number of aryl methyl sites for hydroxylation is 1. The van der Waals surface area contributed by atoms with E-state index >= 15 is 0 Å². The molecule has 4 rings (SSSR count). The minimum atomic E-state index is 0.319. The Morgan fingerprint density at radius 3 is 2.96 bits per heavy atom. The van der Waals surface area contributed by atoms with Gasteiger partial charge in [-0.25, -0.2) is 0 Å². The smallest absolute Gasteiger partial charge is 0.222 e. The molecule has 2 atom stereocenters. The van der Waals surface area contributed by atoms with E-state index in [1.54, 1.807) is 6.20 Å². The lowest BCUT2D eigenvalue weighted by Gasteiger charge is -2.48. The van der Waals surface area contributed by atoms with Crippen LogP contribution in [0.3, 0.4) is 0 Å². The highest BCUT2D eigenvalue weighted by Crippen LogP contribution is 2.38. The van der Waals surface area contributed by atoms with Crippen LogP contribution >= 0.6 is 0 Å². The minimum Gasteiger partial charge on any atom is -0.378 e. The van der Waals surface area contributed by atoms with E-state index in [-0.39, 0.29) is 0 Å². The molecule has 0 N–H and O–H groups in total. The largest absolute Gasteiger partial charge is 0.378 e. The Balaban J connectivity index is 1.21. The molecular weight excluding hydrogens is 314 g/mol. The Bertz CT molecular complexity index is 576. The topological polar surface area (TPSA) is 45.7 Å². The van der Waals surface area contributed by atoms with Crippen LogP contribution in [0.4, 0.5) is 0 Å². The normalized spacial score (nSPS) is 27.1. The number of pyridine rings is 1. The molecule has 1 saturated carbocycles. The first-order valence-electron chi connectivity index (χ1n) is 9.81. The summed E-state index contributed by atoms with van der Waals surface area (Å²) in [5, 5.41) is 0. The summed E-state index contributed by atoms with van der Waals surface area (Å²) >= 11 is 0. The van der Waals surface area contributed by atoms with Crippen molar-refractivity contribution < 1.29 is 9.53 Å². The Morgan fingerprint density at radius 2 is 2.16 bits per heavy atom. The van der Waals surface area contributed by atoms with Crippen molar-refractivity contribution in [3.8, 4) is 0 Å². The maximum absolute atomic E-state index is 12.6. The Labute approximate surface area is 150 Å². The first-order chi connectivity index (χ1) is 12.3. The zero-order chi connectivity index (χ0) is 17.1. The van der Waals surface area contributed by atoms with Gasteiger partial charge in [-0.2, -0.15) is 0 Å². The second-order valence-corrected chi connectivity index (χ2v) is 7.74. The van der Waals surface area contributed by atoms with Gasteiger partial charge in [0.25, 0.3) is 0 Å². The number of morpholine rings is 1. The van der Waals surface area contributed by atoms with E-state index in [9.17, 15) is 4.79 Å². The monoisotopic (exact) mass is 343 g/mol. The van der Waals surface area contributed by atoms with Gasteiger partial charge in [0.05, 0.1) is 19.3 Å². The molecule has 5 nitrogen and oxygen atoms in total. The molecule has 0 radical (unpaired) electrons. The molecule has 1 aromatic heterocycles. The molecule has 2 saturated heterocycles. The van der Waals surface area contributed by atoms with Gasteiger partial charge in [0.15, 0.2) is 0 Å². The van der Waals surface area contributed by atoms with E-state index in [4.69, 9.17) is 4.74 Å². The third kappa shape index (κ3) is 4.21. The van der Waals surface area contributed by atoms with Crippen molar-refractivity contribution in [1.82, 2.24) is 14.8 Å². The van der Waals surface area contributed by atoms with Crippen LogP contribution in [-0.2, 0) is 16.0 Å². The second-order valence-electron chi connectivity index (χ2n) is 7.74. The highest BCUT2D eigenvalue weighted by Gasteiger charge is 2.43. The van der Waals surface area contributed by atoms with Gasteiger partial charge >= 0.3 is 0 Å². The number of piperazine rings is 1. The van der Waals surface area contributed by atoms with Gasteiger partial charge in [-0.1, -0.05) is 6.07 Å². The van der Waals surface area contributed by atoms with Crippen molar-refractivity contribution in [1.29, 1.82) is 0 Å². The lowest BCUT2D eigenvalue weighted by atomic mass is 10.0. The summed E-state index contributed by atoms with van der Waals surface area (Å²) in [6, 6.07) is 5.09. The number of carbonyl (C=O) groups is 1. The number of aromatic nitrogens is 1. The summed E-state index contributed by atoms with van der Waals surface area (Å²) in [5.41, 5.74) is 1.26. The molecule has 0 spiro atoms. The van der Waals surface area contributed by atoms with Crippen LogP contribution < -0.4 is 0 Å². The lowest BCUT2D eigenvalue weighted by Crippen LogP contribution is -2.63. The van der Waals surface area contributed by atoms with Crippen LogP contribution in [0, 0.1) is 5.92 Å². The molecule has 2 aliphatic heterocycles. The first kappa shape index (κ1) is 17.0. The number of rotatable bonds is 6. The van der Waals surface area contributed by atoms with Crippen LogP contribution in [0.15, 0.2) is 24.5 Å². The van der Waals surface area contributed by atoms with Crippen molar-refractivity contribution in [3.63, 3.8) is 0 Å². The van der Waals surface area contributed by atoms with Gasteiger partial charge in [0.2, 0.25) is 5.91 Å². The van der Waals surface area contributed by atoms with Gasteiger partial charge < -0.3 is 9.64 Å². The molecule has 1 aromatic rings. The third-order valence-electron chi connectivity index (χ3n) is 5.90. The molecule has 1 aliphatic carbocycles. The van der Waals surface area contributed by atoms with E-state index in [2.05, 4.69) is 20.9 Å². The maximum Gasteiger partial charge on any atom is 0.222 e. The minimum absolute atomic E-state index is 0.319. The zero-order valence-corrected chi connectivity index (χ0v) is 15.0. The van der Waals surface area contributed by atoms with Gasteiger partial charge in [0.1, 0.15) is 0 Å². The molecule has 0 aromatic carbocycles. The molecule has 0 bridgehead atoms. The number of amides is 1. The summed E-state index contributed by atoms with van der Waals surface area (Å²) < 4.78 is 5.84. The van der Waals surface area contributed by atoms with E-state index in [0.717, 1.165) is 58.0 Å². The molecule has 3 aliphatic rings. The summed E-state index contributed by atoms with van der Waals surface area (Å²) in [4.78, 5) is 21.4. The average Bonchev–Trinajstić information content (AvgIpc) is 3.50. The quantitative estimate of drug-likeness (QED) is 0.742. The highest BCUT2D eigenvalue weighted by molar-refractivity contribution is 5.76. The van der Waals surface area contributed by atoms with Crippen molar-refractivity contribution in [2.75, 3.05) is 32.8 Å². The Kier molecular flexibility index (Phi) is 5.32. The number of nitrogens with zero attached hydrogens (tertiary/aromatic N) is 3. The molecule has 136 valence electrons. The molecular formula is C20H29N3O2. The van der Waals surface area contributed by atoms with Gasteiger partial charge in [-0.15, -0.1) is 0 Å². The van der Waals surface area contributed by atoms with E-state index in [1.807, 2.05) is 12.3 Å². The Morgan fingerprint density at radius 1 is 1.24 bits per heavy atom. The summed E-state index contributed by atoms with van der Waals surface area (Å²) in [5.74, 6) is 1.16. The summed E-state index contributed by atoms with van der Waals surface area (Å²) in [7, 11) is 0. The fourth-order valence-corrected chi connectivity index (χ4v) is 4.30. The number of unbranched alkanes of at least 4 members (excludes halogenated alkanes) is 1. The van der Waals surface area contributed by atoms with Crippen molar-refractivity contribution >= 4 is 5.91 Å². The van der Waals surface area contributed by atoms with Crippen molar-refractivity contribution in [2.45, 2.75) is 50.6 Å². The molecule has 0 unspecified atom stereocenters. The SMILES string of the molecule is O=C(CCCCc1cccnc1)N1CCN2[C@@H](COC[C@@H]2C2CC2)C1. The first-order valence-corrected chi connectivity index (χ1v) is 9.81. The molecule has 3 fully saturated rings. The van der Waals surface area contributed by atoms with Crippen LogP contribution in [0.2, 0.25) is 0 Å².